The van der Waals surface area contributed by atoms with Gasteiger partial charge in [-0.15, -0.1) is 23.7 Å². The highest BCUT2D eigenvalue weighted by Gasteiger charge is 2.01. The standard InChI is InChI=1S/C16H19BrN2OS.ClH/c1-2-3-16(20)19-14-6-4-12(5-7-14)9-18-10-15-8-13(17)11-21-15;/h4-8,11,18H,2-3,9-10H2,1H3,(H,19,20);1H. The minimum Gasteiger partial charge on any atom is -0.326 e. The number of amides is 1. The van der Waals surface area contributed by atoms with Gasteiger partial charge >= 0.3 is 0 Å². The zero-order valence-electron chi connectivity index (χ0n) is 12.4. The molecule has 0 fully saturated rings. The van der Waals surface area contributed by atoms with Crippen molar-refractivity contribution in [3.05, 3.63) is 50.6 Å². The van der Waals surface area contributed by atoms with Crippen LogP contribution in [0, 0.1) is 0 Å². The molecule has 0 aliphatic rings. The second kappa shape index (κ2) is 10.0. The number of hydrogen-bond acceptors (Lipinski definition) is 3. The third-order valence-electron chi connectivity index (χ3n) is 2.96. The molecule has 2 rings (SSSR count). The number of anilines is 1. The molecule has 6 heteroatoms. The van der Waals surface area contributed by atoms with Gasteiger partial charge in [0.25, 0.3) is 0 Å². The highest BCUT2D eigenvalue weighted by atomic mass is 79.9. The van der Waals surface area contributed by atoms with E-state index in [1.165, 1.54) is 10.4 Å². The van der Waals surface area contributed by atoms with Gasteiger partial charge in [-0.05, 0) is 46.1 Å². The molecule has 120 valence electrons. The third-order valence-corrected chi connectivity index (χ3v) is 4.66. The van der Waals surface area contributed by atoms with Crippen molar-refractivity contribution in [3.63, 3.8) is 0 Å². The van der Waals surface area contributed by atoms with Gasteiger partial charge in [-0.1, -0.05) is 19.1 Å². The lowest BCUT2D eigenvalue weighted by atomic mass is 10.2. The number of nitrogens with one attached hydrogen (secondary N) is 2. The first-order chi connectivity index (χ1) is 10.2. The quantitative estimate of drug-likeness (QED) is 0.686. The maximum absolute atomic E-state index is 11.5. The van der Waals surface area contributed by atoms with Gasteiger partial charge in [0.2, 0.25) is 5.91 Å². The number of rotatable bonds is 7. The van der Waals surface area contributed by atoms with Crippen molar-refractivity contribution in [2.24, 2.45) is 0 Å². The fraction of sp³-hybridized carbons (Fsp3) is 0.312. The Hall–Kier alpha value is -0.880. The van der Waals surface area contributed by atoms with E-state index in [1.54, 1.807) is 11.3 Å². The van der Waals surface area contributed by atoms with E-state index in [-0.39, 0.29) is 18.3 Å². The average molecular weight is 404 g/mol. The highest BCUT2D eigenvalue weighted by molar-refractivity contribution is 9.10. The molecule has 0 atom stereocenters. The first-order valence-corrected chi connectivity index (χ1v) is 8.67. The van der Waals surface area contributed by atoms with Crippen LogP contribution in [0.15, 0.2) is 40.2 Å². The predicted octanol–water partition coefficient (Wildman–Crippen LogP) is 4.96. The number of halogens is 2. The number of thiophene rings is 1. The summed E-state index contributed by atoms with van der Waals surface area (Å²) in [6, 6.07) is 10.1. The lowest BCUT2D eigenvalue weighted by molar-refractivity contribution is -0.116. The van der Waals surface area contributed by atoms with Crippen molar-refractivity contribution >= 4 is 51.3 Å². The third kappa shape index (κ3) is 6.48. The molecule has 0 bridgehead atoms. The molecule has 0 spiro atoms. The topological polar surface area (TPSA) is 41.1 Å². The summed E-state index contributed by atoms with van der Waals surface area (Å²) in [6.07, 6.45) is 1.44. The first kappa shape index (κ1) is 19.2. The molecule has 0 saturated carbocycles. The van der Waals surface area contributed by atoms with Gasteiger partial charge in [-0.25, -0.2) is 0 Å². The monoisotopic (exact) mass is 402 g/mol. The van der Waals surface area contributed by atoms with Gasteiger partial charge < -0.3 is 10.6 Å². The zero-order valence-corrected chi connectivity index (χ0v) is 15.6. The van der Waals surface area contributed by atoms with Gasteiger partial charge in [0.05, 0.1) is 0 Å². The second-order valence-corrected chi connectivity index (χ2v) is 6.74. The molecule has 2 N–H and O–H groups in total. The molecule has 1 aromatic carbocycles. The maximum atomic E-state index is 11.5. The van der Waals surface area contributed by atoms with Gasteiger partial charge in [0.1, 0.15) is 0 Å². The predicted molar refractivity (Wildman–Crippen MR) is 99.8 cm³/mol. The molecule has 1 aromatic heterocycles. The zero-order chi connectivity index (χ0) is 15.1. The summed E-state index contributed by atoms with van der Waals surface area (Å²) in [7, 11) is 0. The van der Waals surface area contributed by atoms with Crippen LogP contribution in [0.4, 0.5) is 5.69 Å². The Balaban J connectivity index is 0.00000242. The molecule has 0 saturated heterocycles. The molecule has 0 aliphatic carbocycles. The Morgan fingerprint density at radius 3 is 2.55 bits per heavy atom. The molecule has 0 unspecified atom stereocenters. The number of carbonyl (C=O) groups excluding carboxylic acids is 1. The van der Waals surface area contributed by atoms with E-state index in [4.69, 9.17) is 0 Å². The molecular formula is C16H20BrClN2OS. The van der Waals surface area contributed by atoms with Crippen LogP contribution in [-0.2, 0) is 17.9 Å². The molecule has 0 aliphatic heterocycles. The summed E-state index contributed by atoms with van der Waals surface area (Å²) >= 11 is 5.20. The Morgan fingerprint density at radius 1 is 1.23 bits per heavy atom. The smallest absolute Gasteiger partial charge is 0.224 e. The molecule has 1 amide bonds. The van der Waals surface area contributed by atoms with Crippen LogP contribution < -0.4 is 10.6 Å². The van der Waals surface area contributed by atoms with Gasteiger partial charge in [0, 0.05) is 39.9 Å². The van der Waals surface area contributed by atoms with E-state index in [0.29, 0.717) is 6.42 Å². The van der Waals surface area contributed by atoms with Crippen LogP contribution in [0.1, 0.15) is 30.2 Å². The van der Waals surface area contributed by atoms with Crippen molar-refractivity contribution in [1.82, 2.24) is 5.32 Å². The molecular weight excluding hydrogens is 384 g/mol. The molecule has 2 aromatic rings. The summed E-state index contributed by atoms with van der Waals surface area (Å²) in [5.41, 5.74) is 2.07. The van der Waals surface area contributed by atoms with Crippen molar-refractivity contribution in [2.45, 2.75) is 32.9 Å². The van der Waals surface area contributed by atoms with Gasteiger partial charge in [0.15, 0.2) is 0 Å². The number of carbonyl (C=O) groups is 1. The summed E-state index contributed by atoms with van der Waals surface area (Å²) in [6.45, 7) is 3.68. The van der Waals surface area contributed by atoms with Crippen molar-refractivity contribution in [3.8, 4) is 0 Å². The minimum atomic E-state index is 0. The maximum Gasteiger partial charge on any atom is 0.224 e. The lowest BCUT2D eigenvalue weighted by Gasteiger charge is -2.07. The molecule has 0 radical (unpaired) electrons. The SMILES string of the molecule is CCCC(=O)Nc1ccc(CNCc2cc(Br)cs2)cc1.Cl. The molecule has 3 nitrogen and oxygen atoms in total. The highest BCUT2D eigenvalue weighted by Crippen LogP contribution is 2.19. The number of benzene rings is 1. The van der Waals surface area contributed by atoms with Crippen LogP contribution >= 0.6 is 39.7 Å². The summed E-state index contributed by atoms with van der Waals surface area (Å²) in [5, 5.41) is 8.39. The first-order valence-electron chi connectivity index (χ1n) is 7.00. The minimum absolute atomic E-state index is 0. The Labute approximate surface area is 150 Å². The fourth-order valence-corrected chi connectivity index (χ4v) is 3.35. The van der Waals surface area contributed by atoms with Crippen molar-refractivity contribution < 1.29 is 4.79 Å². The van der Waals surface area contributed by atoms with Crippen LogP contribution in [0.2, 0.25) is 0 Å². The summed E-state index contributed by atoms with van der Waals surface area (Å²) in [5.74, 6) is 0.0756. The van der Waals surface area contributed by atoms with E-state index in [2.05, 4.69) is 38.0 Å². The lowest BCUT2D eigenvalue weighted by Crippen LogP contribution is -2.12. The van der Waals surface area contributed by atoms with Gasteiger partial charge in [-0.3, -0.25) is 4.79 Å². The summed E-state index contributed by atoms with van der Waals surface area (Å²) < 4.78 is 1.14. The number of hydrogen-bond donors (Lipinski definition) is 2. The van der Waals surface area contributed by atoms with E-state index in [0.717, 1.165) is 29.7 Å². The van der Waals surface area contributed by atoms with E-state index >= 15 is 0 Å². The van der Waals surface area contributed by atoms with E-state index in [9.17, 15) is 4.79 Å². The summed E-state index contributed by atoms with van der Waals surface area (Å²) in [4.78, 5) is 12.8. The van der Waals surface area contributed by atoms with Crippen LogP contribution in [0.25, 0.3) is 0 Å². The fourth-order valence-electron chi connectivity index (χ4n) is 1.93. The van der Waals surface area contributed by atoms with Crippen LogP contribution in [-0.4, -0.2) is 5.91 Å². The molecule has 1 heterocycles. The van der Waals surface area contributed by atoms with Crippen molar-refractivity contribution in [1.29, 1.82) is 0 Å². The van der Waals surface area contributed by atoms with Crippen molar-refractivity contribution in [2.75, 3.05) is 5.32 Å². The molecule has 22 heavy (non-hydrogen) atoms. The van der Waals surface area contributed by atoms with Crippen LogP contribution in [0.3, 0.4) is 0 Å². The van der Waals surface area contributed by atoms with Gasteiger partial charge in [-0.2, -0.15) is 0 Å². The average Bonchev–Trinajstić information content (AvgIpc) is 2.87. The second-order valence-electron chi connectivity index (χ2n) is 4.83. The van der Waals surface area contributed by atoms with E-state index < -0.39 is 0 Å². The Morgan fingerprint density at radius 2 is 1.95 bits per heavy atom. The van der Waals surface area contributed by atoms with Crippen LogP contribution in [0.5, 0.6) is 0 Å². The normalized spacial score (nSPS) is 10.1. The Kier molecular flexibility index (Phi) is 8.71. The Bertz CT molecular complexity index is 586. The largest absolute Gasteiger partial charge is 0.326 e. The van der Waals surface area contributed by atoms with E-state index in [1.807, 2.05) is 31.2 Å².